The van der Waals surface area contributed by atoms with Crippen LogP contribution in [0.5, 0.6) is 0 Å². The molecular weight excluding hydrogens is 296 g/mol. The molecule has 2 amide bonds. The van der Waals surface area contributed by atoms with Crippen molar-refractivity contribution in [1.29, 1.82) is 0 Å². The van der Waals surface area contributed by atoms with Crippen LogP contribution in [0, 0.1) is 0 Å². The van der Waals surface area contributed by atoms with Crippen molar-refractivity contribution in [3.8, 4) is 0 Å². The summed E-state index contributed by atoms with van der Waals surface area (Å²) in [6, 6.07) is 13.1. The van der Waals surface area contributed by atoms with Crippen molar-refractivity contribution in [2.24, 2.45) is 0 Å². The minimum atomic E-state index is 0.0472. The third-order valence-corrected chi connectivity index (χ3v) is 4.68. The summed E-state index contributed by atoms with van der Waals surface area (Å²) in [6.07, 6.45) is 0.815. The summed E-state index contributed by atoms with van der Waals surface area (Å²) in [5.41, 5.74) is 0.709. The Morgan fingerprint density at radius 1 is 0.818 bits per heavy atom. The van der Waals surface area contributed by atoms with E-state index in [2.05, 4.69) is 0 Å². The van der Waals surface area contributed by atoms with E-state index in [4.69, 9.17) is 0 Å². The molecule has 0 radical (unpaired) electrons. The lowest BCUT2D eigenvalue weighted by molar-refractivity contribution is 0.0721. The lowest BCUT2D eigenvalue weighted by Crippen LogP contribution is -2.37. The van der Waals surface area contributed by atoms with E-state index in [-0.39, 0.29) is 11.8 Å². The van der Waals surface area contributed by atoms with E-state index in [1.54, 1.807) is 0 Å². The van der Waals surface area contributed by atoms with Crippen LogP contribution in [-0.4, -0.2) is 47.8 Å². The van der Waals surface area contributed by atoms with Crippen LogP contribution >= 0.6 is 11.3 Å². The molecule has 1 aromatic heterocycles. The molecule has 1 aromatic carbocycles. The molecular formula is C17H18N2O2S. The van der Waals surface area contributed by atoms with Crippen LogP contribution in [0.1, 0.15) is 26.5 Å². The minimum Gasteiger partial charge on any atom is -0.337 e. The predicted octanol–water partition coefficient (Wildman–Crippen LogP) is 2.74. The Hall–Kier alpha value is -2.14. The first kappa shape index (κ1) is 14.8. The lowest BCUT2D eigenvalue weighted by Gasteiger charge is -2.22. The monoisotopic (exact) mass is 314 g/mol. The maximum Gasteiger partial charge on any atom is 0.263 e. The topological polar surface area (TPSA) is 40.6 Å². The fourth-order valence-corrected chi connectivity index (χ4v) is 3.33. The van der Waals surface area contributed by atoms with Crippen molar-refractivity contribution >= 4 is 23.2 Å². The average molecular weight is 314 g/mol. The Labute approximate surface area is 134 Å². The molecule has 5 heteroatoms. The maximum atomic E-state index is 12.5. The Morgan fingerprint density at radius 2 is 1.50 bits per heavy atom. The summed E-state index contributed by atoms with van der Waals surface area (Å²) in [7, 11) is 0. The average Bonchev–Trinajstić information content (AvgIpc) is 2.99. The van der Waals surface area contributed by atoms with E-state index < -0.39 is 0 Å². The highest BCUT2D eigenvalue weighted by Crippen LogP contribution is 2.15. The number of benzene rings is 1. The second kappa shape index (κ2) is 6.75. The zero-order valence-electron chi connectivity index (χ0n) is 12.3. The van der Waals surface area contributed by atoms with Crippen LogP contribution in [0.2, 0.25) is 0 Å². The molecule has 2 aromatic rings. The van der Waals surface area contributed by atoms with Crippen molar-refractivity contribution in [1.82, 2.24) is 9.80 Å². The summed E-state index contributed by atoms with van der Waals surface area (Å²) in [5.74, 6) is 0.120. The first-order valence-electron chi connectivity index (χ1n) is 7.43. The molecule has 2 heterocycles. The Kier molecular flexibility index (Phi) is 4.53. The molecule has 0 unspecified atom stereocenters. The van der Waals surface area contributed by atoms with Crippen molar-refractivity contribution in [3.05, 3.63) is 58.3 Å². The van der Waals surface area contributed by atoms with Gasteiger partial charge in [-0.3, -0.25) is 9.59 Å². The van der Waals surface area contributed by atoms with Gasteiger partial charge in [-0.2, -0.15) is 0 Å². The fourth-order valence-electron chi connectivity index (χ4n) is 2.64. The van der Waals surface area contributed by atoms with Gasteiger partial charge in [0.15, 0.2) is 0 Å². The molecule has 0 saturated carbocycles. The number of carbonyl (C=O) groups excluding carboxylic acids is 2. The van der Waals surface area contributed by atoms with E-state index >= 15 is 0 Å². The smallest absolute Gasteiger partial charge is 0.263 e. The van der Waals surface area contributed by atoms with Gasteiger partial charge in [0.25, 0.3) is 11.8 Å². The fraction of sp³-hybridized carbons (Fsp3) is 0.294. The highest BCUT2D eigenvalue weighted by molar-refractivity contribution is 7.12. The van der Waals surface area contributed by atoms with Crippen molar-refractivity contribution < 1.29 is 9.59 Å². The Balaban J connectivity index is 1.65. The van der Waals surface area contributed by atoms with Gasteiger partial charge >= 0.3 is 0 Å². The Morgan fingerprint density at radius 3 is 2.14 bits per heavy atom. The molecule has 1 aliphatic heterocycles. The third kappa shape index (κ3) is 3.20. The first-order chi connectivity index (χ1) is 10.8. The van der Waals surface area contributed by atoms with Gasteiger partial charge in [0.2, 0.25) is 0 Å². The van der Waals surface area contributed by atoms with Crippen molar-refractivity contribution in [3.63, 3.8) is 0 Å². The molecule has 1 fully saturated rings. The van der Waals surface area contributed by atoms with E-state index in [1.165, 1.54) is 11.3 Å². The number of rotatable bonds is 2. The molecule has 114 valence electrons. The number of hydrogen-bond acceptors (Lipinski definition) is 3. The summed E-state index contributed by atoms with van der Waals surface area (Å²) in [5, 5.41) is 1.91. The van der Waals surface area contributed by atoms with Crippen LogP contribution in [0.4, 0.5) is 0 Å². The minimum absolute atomic E-state index is 0.0472. The van der Waals surface area contributed by atoms with Crippen LogP contribution in [-0.2, 0) is 0 Å². The first-order valence-corrected chi connectivity index (χ1v) is 8.31. The normalized spacial score (nSPS) is 15.5. The van der Waals surface area contributed by atoms with E-state index in [0.717, 1.165) is 11.3 Å². The Bertz CT molecular complexity index is 640. The molecule has 0 N–H and O–H groups in total. The van der Waals surface area contributed by atoms with Gasteiger partial charge in [0.1, 0.15) is 0 Å². The van der Waals surface area contributed by atoms with Gasteiger partial charge < -0.3 is 9.80 Å². The second-order valence-corrected chi connectivity index (χ2v) is 6.23. The van der Waals surface area contributed by atoms with Gasteiger partial charge in [-0.05, 0) is 30.0 Å². The van der Waals surface area contributed by atoms with Crippen LogP contribution in [0.15, 0.2) is 47.8 Å². The highest BCUT2D eigenvalue weighted by Gasteiger charge is 2.23. The molecule has 0 aliphatic carbocycles. The number of thiophene rings is 1. The molecule has 4 nitrogen and oxygen atoms in total. The van der Waals surface area contributed by atoms with Crippen molar-refractivity contribution in [2.45, 2.75) is 6.42 Å². The quantitative estimate of drug-likeness (QED) is 0.855. The zero-order valence-corrected chi connectivity index (χ0v) is 13.1. The second-order valence-electron chi connectivity index (χ2n) is 5.28. The van der Waals surface area contributed by atoms with Gasteiger partial charge in [-0.15, -0.1) is 11.3 Å². The molecule has 1 saturated heterocycles. The van der Waals surface area contributed by atoms with Crippen LogP contribution in [0.3, 0.4) is 0 Å². The summed E-state index contributed by atoms with van der Waals surface area (Å²) < 4.78 is 0. The SMILES string of the molecule is O=C(c1ccccc1)N1CCCN(C(=O)c2cccs2)CC1. The van der Waals surface area contributed by atoms with Crippen molar-refractivity contribution in [2.75, 3.05) is 26.2 Å². The summed E-state index contributed by atoms with van der Waals surface area (Å²) in [4.78, 5) is 29.3. The standard InChI is InChI=1S/C17H18N2O2S/c20-16(14-6-2-1-3-7-14)18-9-5-10-19(12-11-18)17(21)15-8-4-13-22-15/h1-4,6-8,13H,5,9-12H2. The third-order valence-electron chi connectivity index (χ3n) is 3.82. The summed E-state index contributed by atoms with van der Waals surface area (Å²) >= 11 is 1.46. The van der Waals surface area contributed by atoms with Gasteiger partial charge in [0.05, 0.1) is 4.88 Å². The number of amides is 2. The lowest BCUT2D eigenvalue weighted by atomic mass is 10.2. The summed E-state index contributed by atoms with van der Waals surface area (Å²) in [6.45, 7) is 2.58. The zero-order chi connectivity index (χ0) is 15.4. The largest absolute Gasteiger partial charge is 0.337 e. The highest BCUT2D eigenvalue weighted by atomic mass is 32.1. The number of hydrogen-bond donors (Lipinski definition) is 0. The van der Waals surface area contributed by atoms with Gasteiger partial charge in [0, 0.05) is 31.7 Å². The van der Waals surface area contributed by atoms with Gasteiger partial charge in [-0.25, -0.2) is 0 Å². The van der Waals surface area contributed by atoms with Gasteiger partial charge in [-0.1, -0.05) is 24.3 Å². The van der Waals surface area contributed by atoms with E-state index in [1.807, 2.05) is 57.6 Å². The molecule has 22 heavy (non-hydrogen) atoms. The molecule has 3 rings (SSSR count). The maximum absolute atomic E-state index is 12.5. The van der Waals surface area contributed by atoms with E-state index in [9.17, 15) is 9.59 Å². The number of nitrogens with zero attached hydrogens (tertiary/aromatic N) is 2. The molecule has 0 spiro atoms. The molecule has 0 atom stereocenters. The molecule has 0 bridgehead atoms. The van der Waals surface area contributed by atoms with E-state index in [0.29, 0.717) is 31.7 Å². The molecule has 1 aliphatic rings. The number of carbonyl (C=O) groups is 2. The van der Waals surface area contributed by atoms with Crippen LogP contribution < -0.4 is 0 Å². The van der Waals surface area contributed by atoms with Crippen LogP contribution in [0.25, 0.3) is 0 Å². The predicted molar refractivity (Wildman–Crippen MR) is 87.2 cm³/mol.